The zero-order valence-corrected chi connectivity index (χ0v) is 11.4. The van der Waals surface area contributed by atoms with E-state index in [1.54, 1.807) is 36.7 Å². The Morgan fingerprint density at radius 1 is 1.30 bits per heavy atom. The van der Waals surface area contributed by atoms with E-state index in [1.807, 2.05) is 10.6 Å². The summed E-state index contributed by atoms with van der Waals surface area (Å²) in [5, 5.41) is 4.03. The minimum Gasteiger partial charge on any atom is -0.609 e. The van der Waals surface area contributed by atoms with E-state index in [4.69, 9.17) is 0 Å². The number of nitrogens with zero attached hydrogens (tertiary/aromatic N) is 4. The van der Waals surface area contributed by atoms with Crippen LogP contribution in [0.1, 0.15) is 0 Å². The van der Waals surface area contributed by atoms with Crippen molar-refractivity contribution in [1.82, 2.24) is 14.5 Å². The zero-order chi connectivity index (χ0) is 14.1. The van der Waals surface area contributed by atoms with Gasteiger partial charge in [-0.05, 0) is 23.4 Å². The van der Waals surface area contributed by atoms with E-state index < -0.39 is 11.2 Å². The lowest BCUT2D eigenvalue weighted by atomic mass is 10.2. The highest BCUT2D eigenvalue weighted by molar-refractivity contribution is 7.90. The number of nitroso groups, excluding NO2 is 1. The number of benzene rings is 1. The molecule has 100 valence electrons. The van der Waals surface area contributed by atoms with Gasteiger partial charge >= 0.3 is 5.16 Å². The average molecular weight is 286 g/mol. The Balaban J connectivity index is 2.20. The summed E-state index contributed by atoms with van der Waals surface area (Å²) in [6.07, 6.45) is 4.89. The van der Waals surface area contributed by atoms with Crippen LogP contribution in [0, 0.1) is 4.91 Å². The summed E-state index contributed by atoms with van der Waals surface area (Å²) >= 11 is -1.24. The first-order valence-electron chi connectivity index (χ1n) is 5.81. The summed E-state index contributed by atoms with van der Waals surface area (Å²) in [7, 11) is 0. The van der Waals surface area contributed by atoms with Gasteiger partial charge in [-0.3, -0.25) is 0 Å². The second-order valence-electron chi connectivity index (χ2n) is 4.14. The molecule has 1 aromatic carbocycles. The molecule has 2 heterocycles. The molecule has 0 aliphatic carbocycles. The Morgan fingerprint density at radius 3 is 2.90 bits per heavy atom. The molecule has 20 heavy (non-hydrogen) atoms. The van der Waals surface area contributed by atoms with Gasteiger partial charge in [-0.25, -0.2) is 0 Å². The van der Waals surface area contributed by atoms with Gasteiger partial charge in [0.05, 0.1) is 5.52 Å². The molecule has 0 aliphatic rings. The van der Waals surface area contributed by atoms with Crippen LogP contribution in [0.25, 0.3) is 16.7 Å². The fourth-order valence-electron chi connectivity index (χ4n) is 2.04. The highest BCUT2D eigenvalue weighted by Gasteiger charge is 2.12. The monoisotopic (exact) mass is 286 g/mol. The number of hydrogen-bond acceptors (Lipinski definition) is 5. The first-order valence-corrected chi connectivity index (χ1v) is 7.37. The van der Waals surface area contributed by atoms with Crippen molar-refractivity contribution in [2.24, 2.45) is 5.18 Å². The first kappa shape index (κ1) is 12.8. The minimum atomic E-state index is -1.24. The third-order valence-corrected chi connectivity index (χ3v) is 3.64. The molecule has 3 rings (SSSR count). The quantitative estimate of drug-likeness (QED) is 0.421. The molecular formula is C13H10N4O2S. The highest BCUT2D eigenvalue weighted by atomic mass is 32.2. The molecular weight excluding hydrogens is 276 g/mol. The molecule has 0 amide bonds. The van der Waals surface area contributed by atoms with Crippen molar-refractivity contribution in [2.45, 2.75) is 5.16 Å². The largest absolute Gasteiger partial charge is 0.609 e. The van der Waals surface area contributed by atoms with E-state index >= 15 is 0 Å². The standard InChI is InChI=1S/C13H10N4O2S/c1-20(19)13-14-7-5-12(15-13)17-8-6-9-10(16-18)3-2-4-11(9)17/h2-8H,1H3. The summed E-state index contributed by atoms with van der Waals surface area (Å²) in [5.74, 6) is 0.600. The molecule has 2 aromatic heterocycles. The van der Waals surface area contributed by atoms with Crippen molar-refractivity contribution in [3.8, 4) is 5.82 Å². The van der Waals surface area contributed by atoms with Crippen molar-refractivity contribution in [3.63, 3.8) is 0 Å². The zero-order valence-electron chi connectivity index (χ0n) is 10.6. The lowest BCUT2D eigenvalue weighted by molar-refractivity contribution is 0.591. The molecule has 1 atom stereocenters. The molecule has 0 spiro atoms. The van der Waals surface area contributed by atoms with Crippen molar-refractivity contribution in [1.29, 1.82) is 0 Å². The Morgan fingerprint density at radius 2 is 2.15 bits per heavy atom. The lowest BCUT2D eigenvalue weighted by Gasteiger charge is -2.06. The normalized spacial score (nSPS) is 12.5. The topological polar surface area (TPSA) is 83.2 Å². The predicted octanol–water partition coefficient (Wildman–Crippen LogP) is 2.56. The van der Waals surface area contributed by atoms with Gasteiger partial charge in [0.1, 0.15) is 17.8 Å². The summed E-state index contributed by atoms with van der Waals surface area (Å²) in [6.45, 7) is 0. The van der Waals surface area contributed by atoms with Crippen LogP contribution < -0.4 is 0 Å². The van der Waals surface area contributed by atoms with Gasteiger partial charge in [0.25, 0.3) is 0 Å². The minimum absolute atomic E-state index is 0.272. The van der Waals surface area contributed by atoms with Crippen molar-refractivity contribution in [2.75, 3.05) is 6.26 Å². The van der Waals surface area contributed by atoms with Gasteiger partial charge in [-0.2, -0.15) is 9.97 Å². The van der Waals surface area contributed by atoms with E-state index in [0.29, 0.717) is 11.5 Å². The van der Waals surface area contributed by atoms with Crippen molar-refractivity contribution in [3.05, 3.63) is 47.6 Å². The Bertz CT molecular complexity index is 785. The van der Waals surface area contributed by atoms with Crippen LogP contribution in [0.5, 0.6) is 0 Å². The van der Waals surface area contributed by atoms with Crippen LogP contribution in [0.15, 0.2) is 53.1 Å². The summed E-state index contributed by atoms with van der Waals surface area (Å²) in [4.78, 5) is 19.0. The molecule has 1 unspecified atom stereocenters. The second kappa shape index (κ2) is 5.03. The molecule has 7 heteroatoms. The maximum Gasteiger partial charge on any atom is 0.344 e. The van der Waals surface area contributed by atoms with Gasteiger partial charge in [-0.1, -0.05) is 6.07 Å². The smallest absolute Gasteiger partial charge is 0.344 e. The van der Waals surface area contributed by atoms with Gasteiger partial charge < -0.3 is 9.12 Å². The molecule has 0 saturated carbocycles. The van der Waals surface area contributed by atoms with Crippen molar-refractivity contribution < 1.29 is 4.55 Å². The Hall–Kier alpha value is -2.25. The molecule has 0 bridgehead atoms. The lowest BCUT2D eigenvalue weighted by Crippen LogP contribution is -2.06. The fourth-order valence-corrected chi connectivity index (χ4v) is 2.47. The van der Waals surface area contributed by atoms with Crippen LogP contribution in [0.4, 0.5) is 5.69 Å². The van der Waals surface area contributed by atoms with E-state index in [-0.39, 0.29) is 5.16 Å². The highest BCUT2D eigenvalue weighted by Crippen LogP contribution is 2.28. The average Bonchev–Trinajstić information content (AvgIpc) is 2.91. The van der Waals surface area contributed by atoms with E-state index in [0.717, 1.165) is 10.9 Å². The Kier molecular flexibility index (Phi) is 3.21. The maximum absolute atomic E-state index is 11.5. The van der Waals surface area contributed by atoms with Gasteiger partial charge in [0, 0.05) is 35.0 Å². The predicted molar refractivity (Wildman–Crippen MR) is 76.7 cm³/mol. The molecule has 0 saturated heterocycles. The van der Waals surface area contributed by atoms with Crippen LogP contribution >= 0.6 is 0 Å². The number of hydrogen-bond donors (Lipinski definition) is 0. The molecule has 0 radical (unpaired) electrons. The molecule has 3 aromatic rings. The van der Waals surface area contributed by atoms with Gasteiger partial charge in [-0.15, -0.1) is 4.91 Å². The SMILES string of the molecule is C[S+]([O-])c1nccc(-n2ccc3c(N=O)cccc32)n1. The molecule has 0 N–H and O–H groups in total. The van der Waals surface area contributed by atoms with Gasteiger partial charge in [0.15, 0.2) is 0 Å². The summed E-state index contributed by atoms with van der Waals surface area (Å²) < 4.78 is 13.3. The molecule has 0 fully saturated rings. The summed E-state index contributed by atoms with van der Waals surface area (Å²) in [5.41, 5.74) is 1.20. The van der Waals surface area contributed by atoms with Crippen LogP contribution in [0.2, 0.25) is 0 Å². The van der Waals surface area contributed by atoms with Crippen LogP contribution in [-0.4, -0.2) is 25.3 Å². The second-order valence-corrected chi connectivity index (χ2v) is 5.41. The molecule has 6 nitrogen and oxygen atoms in total. The summed E-state index contributed by atoms with van der Waals surface area (Å²) in [6, 6.07) is 8.81. The van der Waals surface area contributed by atoms with E-state index in [2.05, 4.69) is 15.1 Å². The number of fused-ring (bicyclic) bond motifs is 1. The van der Waals surface area contributed by atoms with Crippen LogP contribution in [0.3, 0.4) is 0 Å². The third kappa shape index (κ3) is 2.06. The Labute approximate surface area is 117 Å². The molecule has 0 aliphatic heterocycles. The van der Waals surface area contributed by atoms with Gasteiger partial charge in [0.2, 0.25) is 0 Å². The fraction of sp³-hybridized carbons (Fsp3) is 0.0769. The van der Waals surface area contributed by atoms with Crippen molar-refractivity contribution >= 4 is 27.8 Å². The van der Waals surface area contributed by atoms with Crippen LogP contribution in [-0.2, 0) is 11.2 Å². The maximum atomic E-state index is 11.5. The number of rotatable bonds is 3. The third-order valence-electron chi connectivity index (χ3n) is 2.93. The van der Waals surface area contributed by atoms with E-state index in [9.17, 15) is 9.46 Å². The number of aromatic nitrogens is 3. The van der Waals surface area contributed by atoms with E-state index in [1.165, 1.54) is 6.26 Å². The first-order chi connectivity index (χ1) is 9.70.